The molecular weight excluding hydrogens is 224 g/mol. The van der Waals surface area contributed by atoms with E-state index in [1.165, 1.54) is 31.6 Å². The summed E-state index contributed by atoms with van der Waals surface area (Å²) < 4.78 is 5.17. The normalized spacial score (nSPS) is 18.0. The third-order valence-corrected chi connectivity index (χ3v) is 3.72. The smallest absolute Gasteiger partial charge is 0.119 e. The van der Waals surface area contributed by atoms with Gasteiger partial charge in [0.25, 0.3) is 0 Å². The van der Waals surface area contributed by atoms with Crippen LogP contribution in [0, 0.1) is 0 Å². The van der Waals surface area contributed by atoms with Crippen molar-refractivity contribution in [3.63, 3.8) is 0 Å². The minimum Gasteiger partial charge on any atom is -0.497 e. The molecule has 3 nitrogen and oxygen atoms in total. The molecule has 0 atom stereocenters. The molecule has 1 aromatic carbocycles. The summed E-state index contributed by atoms with van der Waals surface area (Å²) >= 11 is 0. The van der Waals surface area contributed by atoms with Crippen molar-refractivity contribution < 1.29 is 4.74 Å². The van der Waals surface area contributed by atoms with Crippen molar-refractivity contribution in [1.29, 1.82) is 0 Å². The van der Waals surface area contributed by atoms with Crippen molar-refractivity contribution in [2.24, 2.45) is 0 Å². The molecular formula is C15H24N2O. The molecule has 0 amide bonds. The van der Waals surface area contributed by atoms with Crippen LogP contribution in [0.1, 0.15) is 26.7 Å². The second-order valence-corrected chi connectivity index (χ2v) is 5.28. The Balaban J connectivity index is 1.83. The van der Waals surface area contributed by atoms with Crippen LogP contribution >= 0.6 is 0 Å². The van der Waals surface area contributed by atoms with Crippen LogP contribution in [0.5, 0.6) is 5.75 Å². The lowest BCUT2D eigenvalue weighted by Gasteiger charge is -2.35. The number of nitrogens with zero attached hydrogens (tertiary/aromatic N) is 1. The van der Waals surface area contributed by atoms with Gasteiger partial charge in [-0.15, -0.1) is 0 Å². The predicted molar refractivity (Wildman–Crippen MR) is 76.3 cm³/mol. The Labute approximate surface area is 110 Å². The van der Waals surface area contributed by atoms with E-state index < -0.39 is 0 Å². The van der Waals surface area contributed by atoms with Gasteiger partial charge in [-0.05, 0) is 51.0 Å². The average Bonchev–Trinajstić information content (AvgIpc) is 2.40. The Morgan fingerprint density at radius 3 is 2.28 bits per heavy atom. The third kappa shape index (κ3) is 3.39. The molecule has 1 aliphatic heterocycles. The number of piperidine rings is 1. The monoisotopic (exact) mass is 248 g/mol. The summed E-state index contributed by atoms with van der Waals surface area (Å²) in [5.74, 6) is 0.912. The number of likely N-dealkylation sites (tertiary alicyclic amines) is 1. The van der Waals surface area contributed by atoms with Gasteiger partial charge in [-0.1, -0.05) is 0 Å². The van der Waals surface area contributed by atoms with Gasteiger partial charge in [-0.3, -0.25) is 0 Å². The lowest BCUT2D eigenvalue weighted by atomic mass is 10.0. The van der Waals surface area contributed by atoms with E-state index in [1.807, 2.05) is 12.1 Å². The summed E-state index contributed by atoms with van der Waals surface area (Å²) in [5.41, 5.74) is 1.19. The molecule has 0 bridgehead atoms. The van der Waals surface area contributed by atoms with Gasteiger partial charge in [0.15, 0.2) is 0 Å². The molecule has 0 aromatic heterocycles. The quantitative estimate of drug-likeness (QED) is 0.886. The lowest BCUT2D eigenvalue weighted by Crippen LogP contribution is -2.42. The molecule has 1 N–H and O–H groups in total. The lowest BCUT2D eigenvalue weighted by molar-refractivity contribution is 0.177. The number of methoxy groups -OCH3 is 1. The standard InChI is InChI=1S/C15H24N2O/c1-12(2)17-10-8-14(9-11-17)16-13-4-6-15(18-3)7-5-13/h4-7,12,14,16H,8-11H2,1-3H3. The van der Waals surface area contributed by atoms with E-state index in [4.69, 9.17) is 4.74 Å². The van der Waals surface area contributed by atoms with Gasteiger partial charge < -0.3 is 15.0 Å². The van der Waals surface area contributed by atoms with Gasteiger partial charge in [-0.2, -0.15) is 0 Å². The fourth-order valence-electron chi connectivity index (χ4n) is 2.48. The number of nitrogens with one attached hydrogen (secondary N) is 1. The highest BCUT2D eigenvalue weighted by Gasteiger charge is 2.20. The van der Waals surface area contributed by atoms with Gasteiger partial charge in [0.1, 0.15) is 5.75 Å². The highest BCUT2D eigenvalue weighted by atomic mass is 16.5. The fraction of sp³-hybridized carbons (Fsp3) is 0.600. The van der Waals surface area contributed by atoms with Gasteiger partial charge >= 0.3 is 0 Å². The first-order chi connectivity index (χ1) is 8.69. The summed E-state index contributed by atoms with van der Waals surface area (Å²) in [7, 11) is 1.70. The number of hydrogen-bond donors (Lipinski definition) is 1. The minimum absolute atomic E-state index is 0.605. The maximum atomic E-state index is 5.17. The van der Waals surface area contributed by atoms with Crippen molar-refractivity contribution in [1.82, 2.24) is 4.90 Å². The van der Waals surface area contributed by atoms with E-state index in [9.17, 15) is 0 Å². The summed E-state index contributed by atoms with van der Waals surface area (Å²) in [4.78, 5) is 2.55. The van der Waals surface area contributed by atoms with Gasteiger partial charge in [0, 0.05) is 30.9 Å². The van der Waals surface area contributed by atoms with Crippen molar-refractivity contribution in [3.05, 3.63) is 24.3 Å². The molecule has 1 aliphatic rings. The van der Waals surface area contributed by atoms with Crippen LogP contribution in [0.3, 0.4) is 0 Å². The topological polar surface area (TPSA) is 24.5 Å². The summed E-state index contributed by atoms with van der Waals surface area (Å²) in [6.45, 7) is 6.95. The summed E-state index contributed by atoms with van der Waals surface area (Å²) in [6.07, 6.45) is 2.45. The Hall–Kier alpha value is -1.22. The van der Waals surface area contributed by atoms with E-state index in [0.29, 0.717) is 12.1 Å². The Morgan fingerprint density at radius 1 is 1.17 bits per heavy atom. The second-order valence-electron chi connectivity index (χ2n) is 5.28. The first-order valence-electron chi connectivity index (χ1n) is 6.83. The molecule has 0 aliphatic carbocycles. The number of ether oxygens (including phenoxy) is 1. The molecule has 1 aromatic rings. The maximum absolute atomic E-state index is 5.17. The first kappa shape index (κ1) is 13.2. The van der Waals surface area contributed by atoms with Crippen LogP contribution in [0.15, 0.2) is 24.3 Å². The van der Waals surface area contributed by atoms with Crippen molar-refractivity contribution in [2.45, 2.75) is 38.8 Å². The molecule has 0 unspecified atom stereocenters. The highest BCUT2D eigenvalue weighted by Crippen LogP contribution is 2.20. The molecule has 0 radical (unpaired) electrons. The SMILES string of the molecule is COc1ccc(NC2CCN(C(C)C)CC2)cc1. The average molecular weight is 248 g/mol. The van der Waals surface area contributed by atoms with Crippen LogP contribution < -0.4 is 10.1 Å². The molecule has 18 heavy (non-hydrogen) atoms. The van der Waals surface area contributed by atoms with Crippen LogP contribution in [0.2, 0.25) is 0 Å². The Morgan fingerprint density at radius 2 is 1.78 bits per heavy atom. The largest absolute Gasteiger partial charge is 0.497 e. The zero-order valence-corrected chi connectivity index (χ0v) is 11.6. The number of rotatable bonds is 4. The first-order valence-corrected chi connectivity index (χ1v) is 6.83. The van der Waals surface area contributed by atoms with Gasteiger partial charge in [0.05, 0.1) is 7.11 Å². The Kier molecular flexibility index (Phi) is 4.48. The number of benzene rings is 1. The predicted octanol–water partition coefficient (Wildman–Crippen LogP) is 2.98. The van der Waals surface area contributed by atoms with E-state index in [2.05, 4.69) is 36.2 Å². The highest BCUT2D eigenvalue weighted by molar-refractivity contribution is 5.47. The van der Waals surface area contributed by atoms with Crippen molar-refractivity contribution in [2.75, 3.05) is 25.5 Å². The molecule has 0 saturated carbocycles. The Bertz CT molecular complexity index is 353. The van der Waals surface area contributed by atoms with Gasteiger partial charge in [0.2, 0.25) is 0 Å². The van der Waals surface area contributed by atoms with Crippen LogP contribution in [-0.2, 0) is 0 Å². The molecule has 2 rings (SSSR count). The summed E-state index contributed by atoms with van der Waals surface area (Å²) in [6, 6.07) is 9.47. The van der Waals surface area contributed by atoms with Gasteiger partial charge in [-0.25, -0.2) is 0 Å². The molecule has 1 saturated heterocycles. The number of hydrogen-bond acceptors (Lipinski definition) is 3. The van der Waals surface area contributed by atoms with E-state index >= 15 is 0 Å². The minimum atomic E-state index is 0.605. The maximum Gasteiger partial charge on any atom is 0.119 e. The fourth-order valence-corrected chi connectivity index (χ4v) is 2.48. The molecule has 100 valence electrons. The molecule has 3 heteroatoms. The zero-order valence-electron chi connectivity index (χ0n) is 11.6. The van der Waals surface area contributed by atoms with Crippen molar-refractivity contribution in [3.8, 4) is 5.75 Å². The van der Waals surface area contributed by atoms with Crippen LogP contribution in [0.4, 0.5) is 5.69 Å². The molecule has 0 spiro atoms. The molecule has 1 fully saturated rings. The van der Waals surface area contributed by atoms with Crippen LogP contribution in [-0.4, -0.2) is 37.2 Å². The molecule has 1 heterocycles. The van der Waals surface area contributed by atoms with E-state index in [-0.39, 0.29) is 0 Å². The summed E-state index contributed by atoms with van der Waals surface area (Å²) in [5, 5.41) is 3.61. The van der Waals surface area contributed by atoms with E-state index in [1.54, 1.807) is 7.11 Å². The zero-order chi connectivity index (χ0) is 13.0. The van der Waals surface area contributed by atoms with Crippen molar-refractivity contribution >= 4 is 5.69 Å². The third-order valence-electron chi connectivity index (χ3n) is 3.72. The van der Waals surface area contributed by atoms with Crippen LogP contribution in [0.25, 0.3) is 0 Å². The van der Waals surface area contributed by atoms with E-state index in [0.717, 1.165) is 5.75 Å². The number of anilines is 1. The second kappa shape index (κ2) is 6.10.